The van der Waals surface area contributed by atoms with Gasteiger partial charge in [-0.1, -0.05) is 12.1 Å². The highest BCUT2D eigenvalue weighted by atomic mass is 79.9. The Morgan fingerprint density at radius 2 is 2.24 bits per heavy atom. The second kappa shape index (κ2) is 6.49. The second-order valence-corrected chi connectivity index (χ2v) is 5.08. The third kappa shape index (κ3) is 3.46. The molecule has 0 amide bonds. The third-order valence-corrected chi connectivity index (χ3v) is 3.50. The Kier molecular flexibility index (Phi) is 4.69. The van der Waals surface area contributed by atoms with Crippen molar-refractivity contribution in [2.45, 2.75) is 13.5 Å². The topological polar surface area (TPSA) is 90.2 Å². The number of nitro benzene ring substituents is 1. The molecule has 2 aromatic rings. The minimum absolute atomic E-state index is 0.101. The first kappa shape index (κ1) is 15.2. The fraction of sp³-hybridized carbons (Fsp3) is 0.231. The molecule has 0 bridgehead atoms. The van der Waals surface area contributed by atoms with Crippen molar-refractivity contribution >= 4 is 27.6 Å². The number of hydrogen-bond donors (Lipinski definition) is 1. The molecule has 21 heavy (non-hydrogen) atoms. The molecule has 0 saturated heterocycles. The van der Waals surface area contributed by atoms with Crippen molar-refractivity contribution in [3.05, 3.63) is 50.1 Å². The van der Waals surface area contributed by atoms with Gasteiger partial charge in [-0.2, -0.15) is 4.98 Å². The molecule has 1 aromatic carbocycles. The number of nitrogens with one attached hydrogen (secondary N) is 1. The van der Waals surface area contributed by atoms with Crippen molar-refractivity contribution in [1.29, 1.82) is 0 Å². The van der Waals surface area contributed by atoms with E-state index in [1.165, 1.54) is 13.2 Å². The predicted molar refractivity (Wildman–Crippen MR) is 81.4 cm³/mol. The van der Waals surface area contributed by atoms with E-state index in [9.17, 15) is 10.1 Å². The summed E-state index contributed by atoms with van der Waals surface area (Å²) in [5.74, 6) is 0.809. The second-order valence-electron chi connectivity index (χ2n) is 4.22. The molecular weight excluding hydrogens is 340 g/mol. The van der Waals surface area contributed by atoms with E-state index in [2.05, 4.69) is 31.2 Å². The molecule has 0 fully saturated rings. The summed E-state index contributed by atoms with van der Waals surface area (Å²) >= 11 is 3.27. The van der Waals surface area contributed by atoms with Crippen LogP contribution in [0.2, 0.25) is 0 Å². The molecule has 7 nitrogen and oxygen atoms in total. The third-order valence-electron chi connectivity index (χ3n) is 2.96. The van der Waals surface area contributed by atoms with Crippen LogP contribution < -0.4 is 10.1 Å². The van der Waals surface area contributed by atoms with Crippen LogP contribution in [0.1, 0.15) is 11.1 Å². The summed E-state index contributed by atoms with van der Waals surface area (Å²) in [6.45, 7) is 2.11. The summed E-state index contributed by atoms with van der Waals surface area (Å²) in [5, 5.41) is 13.9. The van der Waals surface area contributed by atoms with Crippen LogP contribution in [0.5, 0.6) is 5.88 Å². The van der Waals surface area contributed by atoms with E-state index in [0.29, 0.717) is 28.4 Å². The maximum Gasteiger partial charge on any atom is 0.272 e. The largest absolute Gasteiger partial charge is 0.480 e. The van der Waals surface area contributed by atoms with Gasteiger partial charge in [0.2, 0.25) is 11.8 Å². The Bertz CT molecular complexity index is 678. The predicted octanol–water partition coefficient (Wildman–Crippen LogP) is 3.08. The number of anilines is 1. The van der Waals surface area contributed by atoms with Crippen LogP contribution in [0.3, 0.4) is 0 Å². The summed E-state index contributed by atoms with van der Waals surface area (Å²) in [7, 11) is 1.52. The average Bonchev–Trinajstić information content (AvgIpc) is 2.47. The Hall–Kier alpha value is -2.22. The maximum atomic E-state index is 10.9. The number of benzene rings is 1. The minimum atomic E-state index is -0.391. The highest BCUT2D eigenvalue weighted by molar-refractivity contribution is 9.10. The first-order chi connectivity index (χ1) is 10.0. The zero-order valence-corrected chi connectivity index (χ0v) is 13.0. The number of methoxy groups -OCH3 is 1. The quantitative estimate of drug-likeness (QED) is 0.656. The van der Waals surface area contributed by atoms with Gasteiger partial charge in [0.05, 0.1) is 22.7 Å². The van der Waals surface area contributed by atoms with Crippen LogP contribution in [0, 0.1) is 17.0 Å². The monoisotopic (exact) mass is 352 g/mol. The van der Waals surface area contributed by atoms with Crippen LogP contribution in [0.15, 0.2) is 28.9 Å². The molecule has 0 saturated carbocycles. The van der Waals surface area contributed by atoms with E-state index >= 15 is 0 Å². The molecule has 1 aromatic heterocycles. The average molecular weight is 353 g/mol. The Morgan fingerprint density at radius 3 is 2.90 bits per heavy atom. The van der Waals surface area contributed by atoms with Gasteiger partial charge in [-0.3, -0.25) is 10.1 Å². The van der Waals surface area contributed by atoms with Crippen molar-refractivity contribution in [3.63, 3.8) is 0 Å². The molecule has 0 aliphatic carbocycles. The normalized spacial score (nSPS) is 10.2. The van der Waals surface area contributed by atoms with Gasteiger partial charge in [-0.15, -0.1) is 0 Å². The molecule has 0 aliphatic heterocycles. The van der Waals surface area contributed by atoms with Crippen molar-refractivity contribution in [2.75, 3.05) is 12.4 Å². The molecule has 1 heterocycles. The van der Waals surface area contributed by atoms with Crippen LogP contribution >= 0.6 is 15.9 Å². The molecule has 0 spiro atoms. The van der Waals surface area contributed by atoms with Crippen LogP contribution in [-0.4, -0.2) is 22.0 Å². The number of rotatable bonds is 5. The Balaban J connectivity index is 2.17. The zero-order chi connectivity index (χ0) is 15.4. The van der Waals surface area contributed by atoms with Gasteiger partial charge in [0.1, 0.15) is 0 Å². The summed E-state index contributed by atoms with van der Waals surface area (Å²) in [6.07, 6.45) is 1.58. The zero-order valence-electron chi connectivity index (χ0n) is 11.5. The minimum Gasteiger partial charge on any atom is -0.480 e. The Labute approximate surface area is 129 Å². The number of ether oxygens (including phenoxy) is 1. The molecule has 0 atom stereocenters. The fourth-order valence-corrected chi connectivity index (χ4v) is 2.17. The summed E-state index contributed by atoms with van der Waals surface area (Å²) in [5.41, 5.74) is 1.54. The molecule has 2 rings (SSSR count). The first-order valence-electron chi connectivity index (χ1n) is 6.06. The van der Waals surface area contributed by atoms with E-state index in [0.717, 1.165) is 5.56 Å². The summed E-state index contributed by atoms with van der Waals surface area (Å²) in [4.78, 5) is 18.8. The van der Waals surface area contributed by atoms with Gasteiger partial charge < -0.3 is 10.1 Å². The lowest BCUT2D eigenvalue weighted by atomic mass is 10.1. The van der Waals surface area contributed by atoms with E-state index in [1.54, 1.807) is 19.2 Å². The van der Waals surface area contributed by atoms with Crippen LogP contribution in [0.4, 0.5) is 11.6 Å². The van der Waals surface area contributed by atoms with Gasteiger partial charge in [0.15, 0.2) is 0 Å². The van der Waals surface area contributed by atoms with Crippen molar-refractivity contribution in [1.82, 2.24) is 9.97 Å². The molecule has 0 unspecified atom stereocenters. The van der Waals surface area contributed by atoms with Gasteiger partial charge in [-0.25, -0.2) is 4.98 Å². The van der Waals surface area contributed by atoms with Gasteiger partial charge in [-0.05, 0) is 28.4 Å². The van der Waals surface area contributed by atoms with Gasteiger partial charge in [0.25, 0.3) is 5.69 Å². The number of nitrogens with zero attached hydrogens (tertiary/aromatic N) is 3. The molecular formula is C13H13BrN4O3. The van der Waals surface area contributed by atoms with Gasteiger partial charge >= 0.3 is 0 Å². The lowest BCUT2D eigenvalue weighted by molar-refractivity contribution is -0.385. The Morgan fingerprint density at radius 1 is 1.48 bits per heavy atom. The van der Waals surface area contributed by atoms with Gasteiger partial charge in [0, 0.05) is 18.2 Å². The number of nitro groups is 1. The maximum absolute atomic E-state index is 10.9. The van der Waals surface area contributed by atoms with Crippen LogP contribution in [0.25, 0.3) is 0 Å². The first-order valence-corrected chi connectivity index (χ1v) is 6.85. The molecule has 0 aliphatic rings. The van der Waals surface area contributed by atoms with Crippen LogP contribution in [-0.2, 0) is 6.54 Å². The van der Waals surface area contributed by atoms with Crippen molar-refractivity contribution < 1.29 is 9.66 Å². The summed E-state index contributed by atoms with van der Waals surface area (Å²) < 4.78 is 5.74. The molecule has 0 radical (unpaired) electrons. The van der Waals surface area contributed by atoms with Crippen molar-refractivity contribution in [3.8, 4) is 5.88 Å². The number of hydrogen-bond acceptors (Lipinski definition) is 6. The number of halogens is 1. The SMILES string of the molecule is COc1nc(NCc2cccc([N+](=O)[O-])c2C)ncc1Br. The molecule has 110 valence electrons. The lowest BCUT2D eigenvalue weighted by Crippen LogP contribution is -2.06. The highest BCUT2D eigenvalue weighted by Gasteiger charge is 2.13. The van der Waals surface area contributed by atoms with Crippen molar-refractivity contribution in [2.24, 2.45) is 0 Å². The smallest absolute Gasteiger partial charge is 0.272 e. The summed E-state index contributed by atoms with van der Waals surface area (Å²) in [6, 6.07) is 4.97. The highest BCUT2D eigenvalue weighted by Crippen LogP contribution is 2.24. The van der Waals surface area contributed by atoms with E-state index in [4.69, 9.17) is 4.74 Å². The fourth-order valence-electron chi connectivity index (χ4n) is 1.81. The molecule has 8 heteroatoms. The van der Waals surface area contributed by atoms with E-state index in [1.807, 2.05) is 6.07 Å². The van der Waals surface area contributed by atoms with E-state index < -0.39 is 4.92 Å². The van der Waals surface area contributed by atoms with E-state index in [-0.39, 0.29) is 5.69 Å². The number of aromatic nitrogens is 2. The lowest BCUT2D eigenvalue weighted by Gasteiger charge is -2.09. The standard InChI is InChI=1S/C13H13BrN4O3/c1-8-9(4-3-5-11(8)18(19)20)6-15-13-16-7-10(14)12(17-13)21-2/h3-5,7H,6H2,1-2H3,(H,15,16,17). The molecule has 1 N–H and O–H groups in total.